The Morgan fingerprint density at radius 3 is 2.54 bits per heavy atom. The van der Waals surface area contributed by atoms with Crippen LogP contribution in [-0.2, 0) is 9.59 Å². The van der Waals surface area contributed by atoms with Crippen molar-refractivity contribution in [1.29, 1.82) is 0 Å². The zero-order chi connectivity index (χ0) is 18.8. The van der Waals surface area contributed by atoms with E-state index in [0.29, 0.717) is 27.4 Å². The molecule has 0 aliphatic carbocycles. The van der Waals surface area contributed by atoms with Gasteiger partial charge < -0.3 is 15.5 Å². The van der Waals surface area contributed by atoms with Crippen molar-refractivity contribution in [2.45, 2.75) is 6.92 Å². The molecule has 2 aromatic rings. The van der Waals surface area contributed by atoms with Gasteiger partial charge in [0.05, 0.1) is 23.9 Å². The average Bonchev–Trinajstić information content (AvgIpc) is 2.87. The summed E-state index contributed by atoms with van der Waals surface area (Å²) in [4.78, 5) is 25.2. The van der Waals surface area contributed by atoms with E-state index in [1.165, 1.54) is 6.08 Å². The molecular weight excluding hydrogens is 356 g/mol. The summed E-state index contributed by atoms with van der Waals surface area (Å²) in [5.41, 5.74) is 2.33. The number of imide groups is 1. The lowest BCUT2D eigenvalue weighted by Gasteiger charge is -2.17. The van der Waals surface area contributed by atoms with Crippen LogP contribution < -0.4 is 5.32 Å². The minimum absolute atomic E-state index is 0.0601. The molecule has 1 aliphatic rings. The molecular formula is C19H17ClN2O4. The standard InChI is InChI=1S/C19H17ClN2O4/c1-11-4-2-6-13(18(11)25)12-5-3-7-14(20)17(12)21-15-10-16(24)22(8-9-23)19(15)26/h2-7,10,21,23,25H,8-9H2,1H3. The number of carbonyl (C=O) groups is 2. The van der Waals surface area contributed by atoms with E-state index in [1.54, 1.807) is 37.3 Å². The minimum atomic E-state index is -0.539. The highest BCUT2D eigenvalue weighted by molar-refractivity contribution is 6.34. The van der Waals surface area contributed by atoms with Gasteiger partial charge in [0, 0.05) is 17.2 Å². The van der Waals surface area contributed by atoms with Crippen LogP contribution in [0.25, 0.3) is 11.1 Å². The molecule has 2 aromatic carbocycles. The van der Waals surface area contributed by atoms with Crippen LogP contribution in [0.4, 0.5) is 5.69 Å². The normalized spacial score (nSPS) is 14.0. The lowest BCUT2D eigenvalue weighted by atomic mass is 10.00. The topological polar surface area (TPSA) is 89.9 Å². The molecule has 0 spiro atoms. The second-order valence-corrected chi connectivity index (χ2v) is 6.24. The third kappa shape index (κ3) is 3.16. The zero-order valence-electron chi connectivity index (χ0n) is 14.0. The smallest absolute Gasteiger partial charge is 0.277 e. The van der Waals surface area contributed by atoms with Gasteiger partial charge in [-0.25, -0.2) is 0 Å². The summed E-state index contributed by atoms with van der Waals surface area (Å²) in [6, 6.07) is 10.5. The van der Waals surface area contributed by atoms with Crippen molar-refractivity contribution >= 4 is 29.1 Å². The minimum Gasteiger partial charge on any atom is -0.507 e. The predicted octanol–water partition coefficient (Wildman–Crippen LogP) is 2.68. The van der Waals surface area contributed by atoms with E-state index in [0.717, 1.165) is 4.90 Å². The van der Waals surface area contributed by atoms with Crippen LogP contribution in [0.3, 0.4) is 0 Å². The van der Waals surface area contributed by atoms with Crippen LogP contribution in [0.2, 0.25) is 5.02 Å². The number of hydrogen-bond acceptors (Lipinski definition) is 5. The number of nitrogens with one attached hydrogen (secondary N) is 1. The number of aromatic hydroxyl groups is 1. The predicted molar refractivity (Wildman–Crippen MR) is 98.8 cm³/mol. The van der Waals surface area contributed by atoms with Gasteiger partial charge in [-0.15, -0.1) is 0 Å². The van der Waals surface area contributed by atoms with E-state index in [4.69, 9.17) is 16.7 Å². The van der Waals surface area contributed by atoms with Gasteiger partial charge >= 0.3 is 0 Å². The average molecular weight is 373 g/mol. The number of carbonyl (C=O) groups excluding carboxylic acids is 2. The molecule has 0 saturated heterocycles. The highest BCUT2D eigenvalue weighted by Gasteiger charge is 2.31. The van der Waals surface area contributed by atoms with E-state index >= 15 is 0 Å². The Morgan fingerprint density at radius 1 is 1.12 bits per heavy atom. The fourth-order valence-corrected chi connectivity index (χ4v) is 3.02. The second-order valence-electron chi connectivity index (χ2n) is 5.84. The fourth-order valence-electron chi connectivity index (χ4n) is 2.80. The van der Waals surface area contributed by atoms with E-state index in [9.17, 15) is 14.7 Å². The fraction of sp³-hybridized carbons (Fsp3) is 0.158. The van der Waals surface area contributed by atoms with Crippen molar-refractivity contribution in [1.82, 2.24) is 4.90 Å². The molecule has 0 atom stereocenters. The molecule has 6 nitrogen and oxygen atoms in total. The van der Waals surface area contributed by atoms with Crippen LogP contribution in [0.15, 0.2) is 48.2 Å². The van der Waals surface area contributed by atoms with Crippen LogP contribution in [0.1, 0.15) is 5.56 Å². The molecule has 3 N–H and O–H groups in total. The number of phenolic OH excluding ortho intramolecular Hbond substituents is 1. The van der Waals surface area contributed by atoms with Crippen molar-refractivity contribution in [3.63, 3.8) is 0 Å². The van der Waals surface area contributed by atoms with Gasteiger partial charge in [0.25, 0.3) is 11.8 Å². The number of rotatable bonds is 5. The number of phenols is 1. The van der Waals surface area contributed by atoms with Crippen LogP contribution in [0.5, 0.6) is 5.75 Å². The lowest BCUT2D eigenvalue weighted by Crippen LogP contribution is -2.34. The molecule has 0 bridgehead atoms. The first kappa shape index (κ1) is 18.0. The second kappa shape index (κ2) is 7.19. The van der Waals surface area contributed by atoms with E-state index in [2.05, 4.69) is 5.32 Å². The highest BCUT2D eigenvalue weighted by atomic mass is 35.5. The summed E-state index contributed by atoms with van der Waals surface area (Å²) < 4.78 is 0. The Bertz CT molecular complexity index is 924. The quantitative estimate of drug-likeness (QED) is 0.702. The largest absolute Gasteiger partial charge is 0.507 e. The number of para-hydroxylation sites is 2. The van der Waals surface area contributed by atoms with Gasteiger partial charge in [-0.1, -0.05) is 41.9 Å². The molecule has 0 fully saturated rings. The molecule has 26 heavy (non-hydrogen) atoms. The third-order valence-electron chi connectivity index (χ3n) is 4.13. The SMILES string of the molecule is Cc1cccc(-c2cccc(Cl)c2NC2=CC(=O)N(CCO)C2=O)c1O. The van der Waals surface area contributed by atoms with Crippen molar-refractivity contribution in [2.24, 2.45) is 0 Å². The van der Waals surface area contributed by atoms with E-state index in [-0.39, 0.29) is 24.6 Å². The Labute approximate surface area is 155 Å². The highest BCUT2D eigenvalue weighted by Crippen LogP contribution is 2.40. The number of amides is 2. The Morgan fingerprint density at radius 2 is 1.81 bits per heavy atom. The Kier molecular flexibility index (Phi) is 4.97. The zero-order valence-corrected chi connectivity index (χ0v) is 14.7. The maximum Gasteiger partial charge on any atom is 0.277 e. The number of aryl methyl sites for hydroxylation is 1. The molecule has 2 amide bonds. The van der Waals surface area contributed by atoms with Crippen molar-refractivity contribution < 1.29 is 19.8 Å². The van der Waals surface area contributed by atoms with Gasteiger partial charge in [0.1, 0.15) is 11.4 Å². The van der Waals surface area contributed by atoms with Gasteiger partial charge in [0.2, 0.25) is 0 Å². The molecule has 134 valence electrons. The van der Waals surface area contributed by atoms with Gasteiger partial charge in [-0.3, -0.25) is 14.5 Å². The monoisotopic (exact) mass is 372 g/mol. The number of halogens is 1. The van der Waals surface area contributed by atoms with Gasteiger partial charge in [0.15, 0.2) is 0 Å². The molecule has 0 unspecified atom stereocenters. The first-order chi connectivity index (χ1) is 12.4. The molecule has 0 saturated carbocycles. The summed E-state index contributed by atoms with van der Waals surface area (Å²) >= 11 is 6.31. The summed E-state index contributed by atoms with van der Waals surface area (Å²) in [7, 11) is 0. The van der Waals surface area contributed by atoms with Crippen molar-refractivity contribution in [3.8, 4) is 16.9 Å². The Hall–Kier alpha value is -2.83. The number of nitrogens with zero attached hydrogens (tertiary/aromatic N) is 1. The van der Waals surface area contributed by atoms with E-state index < -0.39 is 11.8 Å². The maximum atomic E-state index is 12.4. The van der Waals surface area contributed by atoms with Gasteiger partial charge in [-0.05, 0) is 18.6 Å². The molecule has 1 aliphatic heterocycles. The molecule has 3 rings (SSSR count). The maximum absolute atomic E-state index is 12.4. The number of benzene rings is 2. The van der Waals surface area contributed by atoms with Crippen molar-refractivity contribution in [2.75, 3.05) is 18.5 Å². The first-order valence-corrected chi connectivity index (χ1v) is 8.34. The number of aliphatic hydroxyl groups excluding tert-OH is 1. The Balaban J connectivity index is 2.02. The van der Waals surface area contributed by atoms with Crippen molar-refractivity contribution in [3.05, 3.63) is 58.8 Å². The van der Waals surface area contributed by atoms with Crippen LogP contribution >= 0.6 is 11.6 Å². The number of hydrogen-bond donors (Lipinski definition) is 3. The van der Waals surface area contributed by atoms with Crippen LogP contribution in [0, 0.1) is 6.92 Å². The van der Waals surface area contributed by atoms with Crippen LogP contribution in [-0.4, -0.2) is 40.1 Å². The summed E-state index contributed by atoms with van der Waals surface area (Å²) in [5.74, 6) is -0.926. The van der Waals surface area contributed by atoms with Gasteiger partial charge in [-0.2, -0.15) is 0 Å². The lowest BCUT2D eigenvalue weighted by molar-refractivity contribution is -0.137. The summed E-state index contributed by atoms with van der Waals surface area (Å²) in [5, 5.41) is 22.6. The molecule has 0 aromatic heterocycles. The molecule has 0 radical (unpaired) electrons. The first-order valence-electron chi connectivity index (χ1n) is 7.97. The number of anilines is 1. The summed E-state index contributed by atoms with van der Waals surface area (Å²) in [6.07, 6.45) is 1.17. The molecule has 1 heterocycles. The number of β-amino-alcohol motifs (C(OH)–C–C–N with tert-alkyl or cyclic N) is 1. The summed E-state index contributed by atoms with van der Waals surface area (Å²) in [6.45, 7) is 1.39. The third-order valence-corrected chi connectivity index (χ3v) is 4.45. The number of aliphatic hydroxyl groups is 1. The van der Waals surface area contributed by atoms with E-state index in [1.807, 2.05) is 6.07 Å². The molecule has 7 heteroatoms.